The van der Waals surface area contributed by atoms with Crippen LogP contribution in [-0.4, -0.2) is 18.8 Å². The van der Waals surface area contributed by atoms with Crippen LogP contribution in [0.2, 0.25) is 0 Å². The Bertz CT molecular complexity index is 279. The minimum absolute atomic E-state index is 0.0761. The Morgan fingerprint density at radius 2 is 1.75 bits per heavy atom. The monoisotopic (exact) mass is 227 g/mol. The zero-order valence-electron chi connectivity index (χ0n) is 7.04. The van der Waals surface area contributed by atoms with E-state index < -0.39 is 0 Å². The lowest BCUT2D eigenvalue weighted by atomic mass is 10.2. The number of benzene rings is 1. The highest BCUT2D eigenvalue weighted by Gasteiger charge is 2.00. The second kappa shape index (κ2) is 3.72. The first-order chi connectivity index (χ1) is 5.61. The predicted octanol–water partition coefficient (Wildman–Crippen LogP) is 2.29. The van der Waals surface area contributed by atoms with Crippen LogP contribution in [0.5, 0.6) is 0 Å². The first kappa shape index (κ1) is 9.26. The number of hydrogen-bond donors (Lipinski definition) is 0. The molecule has 0 amide bonds. The van der Waals surface area contributed by atoms with Crippen molar-refractivity contribution >= 4 is 26.3 Å². The largest absolute Gasteiger partial charge is 0.378 e. The first-order valence-corrected chi connectivity index (χ1v) is 4.38. The van der Waals surface area contributed by atoms with E-state index in [9.17, 15) is 4.79 Å². The third kappa shape index (κ3) is 2.08. The Morgan fingerprint density at radius 3 is 2.08 bits per heavy atom. The molecule has 0 aliphatic rings. The van der Waals surface area contributed by atoms with E-state index in [2.05, 4.69) is 15.9 Å². The molecule has 1 aromatic rings. The van der Waals surface area contributed by atoms with Crippen molar-refractivity contribution in [1.82, 2.24) is 0 Å². The Balaban J connectivity index is 2.93. The number of halogens is 1. The van der Waals surface area contributed by atoms with Gasteiger partial charge in [-0.15, -0.1) is 0 Å². The second-order valence-electron chi connectivity index (χ2n) is 2.72. The van der Waals surface area contributed by atoms with Crippen LogP contribution >= 0.6 is 15.9 Å². The quantitative estimate of drug-likeness (QED) is 0.724. The molecule has 0 fully saturated rings. The maximum atomic E-state index is 10.8. The van der Waals surface area contributed by atoms with Gasteiger partial charge in [0.05, 0.1) is 0 Å². The molecule has 64 valence electrons. The number of nitrogens with zero attached hydrogens (tertiary/aromatic N) is 1. The summed E-state index contributed by atoms with van der Waals surface area (Å²) in [6, 6.07) is 7.42. The molecule has 3 heteroatoms. The summed E-state index contributed by atoms with van der Waals surface area (Å²) in [5.74, 6) is 0. The molecule has 0 unspecified atom stereocenters. The van der Waals surface area contributed by atoms with E-state index in [1.165, 1.54) is 0 Å². The summed E-state index contributed by atoms with van der Waals surface area (Å²) in [7, 11) is 3.93. The van der Waals surface area contributed by atoms with Gasteiger partial charge in [-0.25, -0.2) is 0 Å². The number of hydrogen-bond acceptors (Lipinski definition) is 2. The van der Waals surface area contributed by atoms with E-state index >= 15 is 0 Å². The van der Waals surface area contributed by atoms with E-state index in [0.717, 1.165) is 5.69 Å². The lowest BCUT2D eigenvalue weighted by molar-refractivity contribution is 0.109. The van der Waals surface area contributed by atoms with Gasteiger partial charge in [-0.1, -0.05) is 0 Å². The molecule has 1 rings (SSSR count). The highest BCUT2D eigenvalue weighted by Crippen LogP contribution is 2.13. The molecular weight excluding hydrogens is 218 g/mol. The Morgan fingerprint density at radius 1 is 1.25 bits per heavy atom. The third-order valence-electron chi connectivity index (χ3n) is 1.61. The molecule has 2 nitrogen and oxygen atoms in total. The van der Waals surface area contributed by atoms with Crippen LogP contribution in [-0.2, 0) is 0 Å². The summed E-state index contributed by atoms with van der Waals surface area (Å²) >= 11 is 2.89. The van der Waals surface area contributed by atoms with Crippen LogP contribution < -0.4 is 4.90 Å². The molecule has 0 heterocycles. The van der Waals surface area contributed by atoms with Gasteiger partial charge < -0.3 is 4.90 Å². The fraction of sp³-hybridized carbons (Fsp3) is 0.222. The molecule has 0 bridgehead atoms. The van der Waals surface area contributed by atoms with E-state index in [1.807, 2.05) is 31.1 Å². The summed E-state index contributed by atoms with van der Waals surface area (Å²) in [5.41, 5.74) is 1.77. The van der Waals surface area contributed by atoms with Crippen LogP contribution in [0.4, 0.5) is 5.69 Å². The number of anilines is 1. The van der Waals surface area contributed by atoms with Crippen molar-refractivity contribution < 1.29 is 4.79 Å². The summed E-state index contributed by atoms with van der Waals surface area (Å²) in [4.78, 5) is 12.8. The lowest BCUT2D eigenvalue weighted by Gasteiger charge is -2.11. The maximum absolute atomic E-state index is 10.8. The van der Waals surface area contributed by atoms with Crippen molar-refractivity contribution in [2.45, 2.75) is 0 Å². The number of rotatable bonds is 2. The van der Waals surface area contributed by atoms with Crippen LogP contribution in [0.1, 0.15) is 10.4 Å². The zero-order chi connectivity index (χ0) is 9.14. The van der Waals surface area contributed by atoms with Crippen molar-refractivity contribution in [2.75, 3.05) is 19.0 Å². The molecule has 0 spiro atoms. The zero-order valence-corrected chi connectivity index (χ0v) is 8.63. The van der Waals surface area contributed by atoms with Gasteiger partial charge in [-0.05, 0) is 40.2 Å². The second-order valence-corrected chi connectivity index (χ2v) is 3.44. The predicted molar refractivity (Wildman–Crippen MR) is 54.0 cm³/mol. The van der Waals surface area contributed by atoms with Crippen molar-refractivity contribution in [2.24, 2.45) is 0 Å². The minimum atomic E-state index is -0.0761. The molecule has 0 N–H and O–H groups in total. The highest BCUT2D eigenvalue weighted by molar-refractivity contribution is 9.18. The Kier molecular flexibility index (Phi) is 2.87. The van der Waals surface area contributed by atoms with Gasteiger partial charge in [0.1, 0.15) is 0 Å². The van der Waals surface area contributed by atoms with Crippen molar-refractivity contribution in [3.05, 3.63) is 29.8 Å². The van der Waals surface area contributed by atoms with E-state index in [4.69, 9.17) is 0 Å². The average Bonchev–Trinajstić information content (AvgIpc) is 2.04. The summed E-state index contributed by atoms with van der Waals surface area (Å²) in [6.45, 7) is 0. The van der Waals surface area contributed by atoms with Crippen LogP contribution in [0.25, 0.3) is 0 Å². The molecule has 1 aromatic carbocycles. The van der Waals surface area contributed by atoms with Crippen molar-refractivity contribution in [3.63, 3.8) is 0 Å². The van der Waals surface area contributed by atoms with Gasteiger partial charge in [-0.2, -0.15) is 0 Å². The Hall–Kier alpha value is -0.830. The number of carbonyl (C=O) groups is 1. The third-order valence-corrected chi connectivity index (χ3v) is 2.07. The fourth-order valence-electron chi connectivity index (χ4n) is 0.891. The molecule has 0 aliphatic carbocycles. The van der Waals surface area contributed by atoms with E-state index in [0.29, 0.717) is 5.56 Å². The van der Waals surface area contributed by atoms with Gasteiger partial charge in [-0.3, -0.25) is 4.79 Å². The summed E-state index contributed by atoms with van der Waals surface area (Å²) in [5, 5.41) is 0. The van der Waals surface area contributed by atoms with Crippen LogP contribution in [0.15, 0.2) is 24.3 Å². The SMILES string of the molecule is CN(C)c1ccc(C(=O)Br)cc1. The van der Waals surface area contributed by atoms with Crippen LogP contribution in [0, 0.1) is 0 Å². The summed E-state index contributed by atoms with van der Waals surface area (Å²) < 4.78 is -0.0761. The molecule has 12 heavy (non-hydrogen) atoms. The standard InChI is InChI=1S/C9H10BrNO/c1-11(2)8-5-3-7(4-6-8)9(10)12/h3-6H,1-2H3. The molecule has 0 saturated heterocycles. The normalized spacial score (nSPS) is 9.58. The fourth-order valence-corrected chi connectivity index (χ4v) is 1.15. The van der Waals surface area contributed by atoms with Gasteiger partial charge in [0.2, 0.25) is 4.69 Å². The van der Waals surface area contributed by atoms with Gasteiger partial charge in [0.25, 0.3) is 0 Å². The molecule has 0 aliphatic heterocycles. The molecule has 0 atom stereocenters. The maximum Gasteiger partial charge on any atom is 0.228 e. The van der Waals surface area contributed by atoms with Crippen molar-refractivity contribution in [1.29, 1.82) is 0 Å². The van der Waals surface area contributed by atoms with E-state index in [1.54, 1.807) is 12.1 Å². The van der Waals surface area contributed by atoms with Gasteiger partial charge in [0.15, 0.2) is 0 Å². The molecule has 0 saturated carbocycles. The topological polar surface area (TPSA) is 20.3 Å². The highest BCUT2D eigenvalue weighted by atomic mass is 79.9. The van der Waals surface area contributed by atoms with Gasteiger partial charge >= 0.3 is 0 Å². The minimum Gasteiger partial charge on any atom is -0.378 e. The van der Waals surface area contributed by atoms with E-state index in [-0.39, 0.29) is 4.69 Å². The average molecular weight is 228 g/mol. The van der Waals surface area contributed by atoms with Crippen LogP contribution in [0.3, 0.4) is 0 Å². The van der Waals surface area contributed by atoms with Crippen molar-refractivity contribution in [3.8, 4) is 0 Å². The summed E-state index contributed by atoms with van der Waals surface area (Å²) in [6.07, 6.45) is 0. The molecule has 0 aromatic heterocycles. The van der Waals surface area contributed by atoms with Gasteiger partial charge in [0, 0.05) is 25.3 Å². The first-order valence-electron chi connectivity index (χ1n) is 3.58. The molecule has 0 radical (unpaired) electrons. The smallest absolute Gasteiger partial charge is 0.228 e. The molecular formula is C9H10BrNO. The lowest BCUT2D eigenvalue weighted by Crippen LogP contribution is -2.08. The Labute approximate surface area is 80.3 Å². The number of carbonyl (C=O) groups excluding carboxylic acids is 1.